The SMILES string of the molecule is Cc1ccc(C=O)cc1C1=C2C=CC(=[N+](C)C)C=C2[Si](C)(C)c2cc(N(C)C)ccc21. The van der Waals surface area contributed by atoms with Crippen LogP contribution in [0.3, 0.4) is 0 Å². The molecule has 4 heteroatoms. The normalized spacial score (nSPS) is 16.5. The maximum Gasteiger partial charge on any atom is 0.199 e. The van der Waals surface area contributed by atoms with Gasteiger partial charge in [-0.15, -0.1) is 0 Å². The number of carbonyl (C=O) groups excluding carboxylic acids is 1. The fourth-order valence-electron chi connectivity index (χ4n) is 4.65. The summed E-state index contributed by atoms with van der Waals surface area (Å²) in [6.45, 7) is 7.04. The van der Waals surface area contributed by atoms with Crippen molar-refractivity contribution in [3.63, 3.8) is 0 Å². The van der Waals surface area contributed by atoms with E-state index in [2.05, 4.69) is 100 Å². The van der Waals surface area contributed by atoms with Crippen LogP contribution in [-0.4, -0.2) is 52.8 Å². The molecule has 0 unspecified atom stereocenters. The molecule has 2 aromatic rings. The van der Waals surface area contributed by atoms with Crippen LogP contribution in [0.4, 0.5) is 5.69 Å². The van der Waals surface area contributed by atoms with Gasteiger partial charge in [0.05, 0.1) is 0 Å². The van der Waals surface area contributed by atoms with Crippen LogP contribution in [0, 0.1) is 6.92 Å². The lowest BCUT2D eigenvalue weighted by atomic mass is 9.87. The molecule has 0 radical (unpaired) electrons. The number of benzene rings is 2. The molecule has 0 bridgehead atoms. The smallest absolute Gasteiger partial charge is 0.199 e. The Morgan fingerprint density at radius 1 is 0.968 bits per heavy atom. The summed E-state index contributed by atoms with van der Waals surface area (Å²) < 4.78 is 2.18. The molecule has 0 spiro atoms. The summed E-state index contributed by atoms with van der Waals surface area (Å²) in [4.78, 5) is 13.7. The van der Waals surface area contributed by atoms with Crippen LogP contribution < -0.4 is 10.1 Å². The van der Waals surface area contributed by atoms with Crippen LogP contribution in [0.2, 0.25) is 13.1 Å². The second-order valence-corrected chi connectivity index (χ2v) is 13.8. The van der Waals surface area contributed by atoms with Gasteiger partial charge in [-0.1, -0.05) is 31.3 Å². The van der Waals surface area contributed by atoms with Gasteiger partial charge in [-0.2, -0.15) is 0 Å². The lowest BCUT2D eigenvalue weighted by molar-refractivity contribution is -0.462. The zero-order valence-corrected chi connectivity index (χ0v) is 20.6. The van der Waals surface area contributed by atoms with Gasteiger partial charge in [-0.3, -0.25) is 4.79 Å². The van der Waals surface area contributed by atoms with Crippen molar-refractivity contribution in [2.75, 3.05) is 33.1 Å². The molecular weight excluding hydrogens is 396 g/mol. The largest absolute Gasteiger partial charge is 0.378 e. The first-order valence-corrected chi connectivity index (χ1v) is 13.7. The molecule has 0 N–H and O–H groups in total. The topological polar surface area (TPSA) is 23.3 Å². The fraction of sp³-hybridized carbons (Fsp3) is 0.259. The third-order valence-electron chi connectivity index (χ3n) is 6.59. The summed E-state index contributed by atoms with van der Waals surface area (Å²) in [5.41, 5.74) is 9.35. The summed E-state index contributed by atoms with van der Waals surface area (Å²) >= 11 is 0. The number of rotatable bonds is 3. The fourth-order valence-corrected chi connectivity index (χ4v) is 7.72. The average molecular weight is 428 g/mol. The van der Waals surface area contributed by atoms with Gasteiger partial charge in [-0.25, -0.2) is 4.58 Å². The number of allylic oxidation sites excluding steroid dienone is 5. The molecule has 0 saturated heterocycles. The number of nitrogens with zero attached hydrogens (tertiary/aromatic N) is 2. The lowest BCUT2D eigenvalue weighted by Crippen LogP contribution is -2.49. The van der Waals surface area contributed by atoms with E-state index in [1.54, 1.807) is 0 Å². The molecule has 0 amide bonds. The number of fused-ring (bicyclic) bond motifs is 2. The molecule has 2 aliphatic rings. The van der Waals surface area contributed by atoms with Gasteiger partial charge in [0.25, 0.3) is 0 Å². The second-order valence-electron chi connectivity index (χ2n) is 9.44. The highest BCUT2D eigenvalue weighted by Gasteiger charge is 2.40. The first kappa shape index (κ1) is 21.3. The molecule has 1 heterocycles. The third kappa shape index (κ3) is 3.45. The number of aldehydes is 1. The average Bonchev–Trinajstić information content (AvgIpc) is 2.74. The Bertz CT molecular complexity index is 1220. The zero-order valence-electron chi connectivity index (χ0n) is 19.6. The van der Waals surface area contributed by atoms with Crippen molar-refractivity contribution < 1.29 is 9.37 Å². The van der Waals surface area contributed by atoms with Crippen molar-refractivity contribution in [3.8, 4) is 0 Å². The molecule has 0 saturated carbocycles. The zero-order chi connectivity index (χ0) is 22.5. The summed E-state index contributed by atoms with van der Waals surface area (Å²) in [6, 6.07) is 12.9. The van der Waals surface area contributed by atoms with Crippen LogP contribution in [0.5, 0.6) is 0 Å². The van der Waals surface area contributed by atoms with Crippen molar-refractivity contribution in [2.24, 2.45) is 0 Å². The van der Waals surface area contributed by atoms with Crippen molar-refractivity contribution in [2.45, 2.75) is 20.0 Å². The van der Waals surface area contributed by atoms with E-state index in [4.69, 9.17) is 0 Å². The predicted octanol–water partition coefficient (Wildman–Crippen LogP) is 4.35. The van der Waals surface area contributed by atoms with Gasteiger partial charge in [0, 0.05) is 37.5 Å². The summed E-state index contributed by atoms with van der Waals surface area (Å²) in [5.74, 6) is 0. The maximum atomic E-state index is 11.6. The van der Waals surface area contributed by atoms with E-state index in [-0.39, 0.29) is 0 Å². The lowest BCUT2D eigenvalue weighted by Gasteiger charge is -2.38. The van der Waals surface area contributed by atoms with Crippen LogP contribution in [-0.2, 0) is 0 Å². The minimum Gasteiger partial charge on any atom is -0.378 e. The second kappa shape index (κ2) is 7.61. The molecule has 1 aliphatic heterocycles. The Balaban J connectivity index is 2.13. The monoisotopic (exact) mass is 427 g/mol. The van der Waals surface area contributed by atoms with E-state index in [0.717, 1.165) is 11.8 Å². The number of hydrogen-bond donors (Lipinski definition) is 0. The number of aryl methyl sites for hydroxylation is 1. The quantitative estimate of drug-likeness (QED) is 0.413. The highest BCUT2D eigenvalue weighted by Crippen LogP contribution is 2.42. The third-order valence-corrected chi connectivity index (χ3v) is 10.1. The van der Waals surface area contributed by atoms with E-state index >= 15 is 0 Å². The first-order valence-electron chi connectivity index (χ1n) is 10.7. The highest BCUT2D eigenvalue weighted by molar-refractivity contribution is 6.98. The molecule has 3 nitrogen and oxygen atoms in total. The van der Waals surface area contributed by atoms with Gasteiger partial charge in [0.1, 0.15) is 28.5 Å². The Hall–Kier alpha value is -2.98. The van der Waals surface area contributed by atoms with E-state index in [0.29, 0.717) is 5.56 Å². The Labute approximate surface area is 186 Å². The van der Waals surface area contributed by atoms with Gasteiger partial charge in [0.15, 0.2) is 5.71 Å². The summed E-state index contributed by atoms with van der Waals surface area (Å²) in [6.07, 6.45) is 7.81. The highest BCUT2D eigenvalue weighted by atomic mass is 28.3. The van der Waals surface area contributed by atoms with Crippen molar-refractivity contribution in [1.29, 1.82) is 0 Å². The van der Waals surface area contributed by atoms with E-state index in [1.807, 2.05) is 12.1 Å². The van der Waals surface area contributed by atoms with Gasteiger partial charge in [0.2, 0.25) is 0 Å². The molecule has 0 atom stereocenters. The molecule has 158 valence electrons. The minimum absolute atomic E-state index is 0.716. The number of anilines is 1. The van der Waals surface area contributed by atoms with E-state index < -0.39 is 8.07 Å². The molecule has 4 rings (SSSR count). The van der Waals surface area contributed by atoms with Gasteiger partial charge >= 0.3 is 0 Å². The molecule has 0 fully saturated rings. The molecule has 2 aromatic carbocycles. The molecule has 31 heavy (non-hydrogen) atoms. The minimum atomic E-state index is -1.94. The first-order chi connectivity index (χ1) is 14.6. The molecule has 1 aliphatic carbocycles. The Morgan fingerprint density at radius 3 is 2.35 bits per heavy atom. The summed E-state index contributed by atoms with van der Waals surface area (Å²) in [7, 11) is 6.44. The standard InChI is InChI=1S/C27H31N2OSi/c1-18-8-9-19(17-30)14-24(18)27-22-12-10-20(28(2)3)15-25(22)31(6,7)26-16-21(29(4)5)11-13-23(26)27/h8-17H,1-7H3/q+1. The Kier molecular flexibility index (Phi) is 5.22. The molecule has 0 aromatic heterocycles. The maximum absolute atomic E-state index is 11.6. The van der Waals surface area contributed by atoms with Crippen LogP contribution in [0.1, 0.15) is 27.0 Å². The van der Waals surface area contributed by atoms with Crippen LogP contribution in [0.25, 0.3) is 5.57 Å². The van der Waals surface area contributed by atoms with Crippen molar-refractivity contribution in [3.05, 3.63) is 87.6 Å². The summed E-state index contributed by atoms with van der Waals surface area (Å²) in [5, 5.41) is 2.90. The van der Waals surface area contributed by atoms with Crippen molar-refractivity contribution in [1.82, 2.24) is 0 Å². The Morgan fingerprint density at radius 2 is 1.71 bits per heavy atom. The van der Waals surface area contributed by atoms with E-state index in [9.17, 15) is 4.79 Å². The number of hydrogen-bond acceptors (Lipinski definition) is 2. The van der Waals surface area contributed by atoms with Gasteiger partial charge in [-0.05, 0) is 69.4 Å². The predicted molar refractivity (Wildman–Crippen MR) is 135 cm³/mol. The molecular formula is C27H31N2OSi+. The van der Waals surface area contributed by atoms with Crippen molar-refractivity contribution >= 4 is 36.5 Å². The van der Waals surface area contributed by atoms with Crippen LogP contribution >= 0.6 is 0 Å². The van der Waals surface area contributed by atoms with Gasteiger partial charge < -0.3 is 4.90 Å². The number of carbonyl (C=O) groups is 1. The van der Waals surface area contributed by atoms with Crippen LogP contribution in [0.15, 0.2) is 65.4 Å². The van der Waals surface area contributed by atoms with E-state index in [1.165, 1.54) is 44.1 Å².